The number of ether oxygens (including phenoxy) is 1. The molecule has 0 aliphatic heterocycles. The van der Waals surface area contributed by atoms with Gasteiger partial charge in [0.05, 0.1) is 23.3 Å². The smallest absolute Gasteiger partial charge is 0.433 e. The lowest BCUT2D eigenvalue weighted by atomic mass is 10.1. The topological polar surface area (TPSA) is 99.3 Å². The molecule has 0 aliphatic rings. The third-order valence-corrected chi connectivity index (χ3v) is 4.31. The number of hydrogen-bond donors (Lipinski definition) is 1. The number of rotatable bonds is 5. The van der Waals surface area contributed by atoms with Crippen LogP contribution in [0.15, 0.2) is 53.3 Å². The molecule has 0 saturated carbocycles. The highest BCUT2D eigenvalue weighted by Gasteiger charge is 2.35. The zero-order valence-electron chi connectivity index (χ0n) is 16.4. The molecular weight excluding hydrogens is 462 g/mol. The molecule has 0 atom stereocenters. The Balaban J connectivity index is 2.21. The molecule has 3 rings (SSSR count). The molecule has 8 nitrogen and oxygen atoms in total. The van der Waals surface area contributed by atoms with Crippen LogP contribution in [-0.4, -0.2) is 21.6 Å². The van der Waals surface area contributed by atoms with Gasteiger partial charge in [0.25, 0.3) is 11.2 Å². The Bertz CT molecular complexity index is 1250. The minimum Gasteiger partial charge on any atom is -0.497 e. The van der Waals surface area contributed by atoms with E-state index in [1.54, 1.807) is 0 Å². The Hall–Kier alpha value is -4.10. The lowest BCUT2D eigenvalue weighted by Gasteiger charge is -2.17. The van der Waals surface area contributed by atoms with Gasteiger partial charge in [0.2, 0.25) is 5.95 Å². The highest BCUT2D eigenvalue weighted by atomic mass is 19.4. The van der Waals surface area contributed by atoms with Crippen LogP contribution in [0.5, 0.6) is 5.75 Å². The van der Waals surface area contributed by atoms with E-state index in [9.17, 15) is 41.3 Å². The van der Waals surface area contributed by atoms with Crippen LogP contribution in [0.2, 0.25) is 0 Å². The van der Waals surface area contributed by atoms with Gasteiger partial charge in [-0.25, -0.2) is 9.55 Å². The van der Waals surface area contributed by atoms with Gasteiger partial charge in [-0.1, -0.05) is 0 Å². The van der Waals surface area contributed by atoms with Crippen molar-refractivity contribution in [3.63, 3.8) is 0 Å². The maximum Gasteiger partial charge on any atom is 0.433 e. The second-order valence-corrected chi connectivity index (χ2v) is 6.45. The number of nitrogens with one attached hydrogen (secondary N) is 1. The molecule has 0 amide bonds. The number of nitrogens with zero attached hydrogens (tertiary/aromatic N) is 3. The van der Waals surface area contributed by atoms with Crippen molar-refractivity contribution in [1.82, 2.24) is 9.55 Å². The summed E-state index contributed by atoms with van der Waals surface area (Å²) in [6.45, 7) is 0. The molecule has 174 valence electrons. The van der Waals surface area contributed by atoms with Gasteiger partial charge in [0.15, 0.2) is 5.69 Å². The Kier molecular flexibility index (Phi) is 6.03. The number of alkyl halides is 6. The predicted molar refractivity (Wildman–Crippen MR) is 103 cm³/mol. The van der Waals surface area contributed by atoms with Gasteiger partial charge >= 0.3 is 12.4 Å². The molecule has 1 heterocycles. The first kappa shape index (κ1) is 23.6. The molecule has 0 spiro atoms. The lowest BCUT2D eigenvalue weighted by Crippen LogP contribution is -2.25. The van der Waals surface area contributed by atoms with Crippen LogP contribution in [0.25, 0.3) is 5.69 Å². The first-order chi connectivity index (χ1) is 15.3. The van der Waals surface area contributed by atoms with Gasteiger partial charge in [0.1, 0.15) is 11.4 Å². The van der Waals surface area contributed by atoms with E-state index in [4.69, 9.17) is 4.74 Å². The van der Waals surface area contributed by atoms with Crippen molar-refractivity contribution in [2.24, 2.45) is 0 Å². The second kappa shape index (κ2) is 8.44. The summed E-state index contributed by atoms with van der Waals surface area (Å²) in [6, 6.07) is 6.99. The van der Waals surface area contributed by atoms with E-state index in [-0.39, 0.29) is 17.8 Å². The van der Waals surface area contributed by atoms with Crippen molar-refractivity contribution >= 4 is 17.3 Å². The first-order valence-corrected chi connectivity index (χ1v) is 8.79. The largest absolute Gasteiger partial charge is 0.497 e. The molecule has 14 heteroatoms. The van der Waals surface area contributed by atoms with E-state index in [2.05, 4.69) is 10.3 Å². The van der Waals surface area contributed by atoms with E-state index >= 15 is 0 Å². The molecule has 0 unspecified atom stereocenters. The first-order valence-electron chi connectivity index (χ1n) is 8.79. The van der Waals surface area contributed by atoms with Crippen molar-refractivity contribution < 1.29 is 36.0 Å². The number of anilines is 2. The number of nitro benzene ring substituents is 1. The number of aromatic nitrogens is 2. The molecule has 33 heavy (non-hydrogen) atoms. The van der Waals surface area contributed by atoms with E-state index in [0.29, 0.717) is 22.4 Å². The van der Waals surface area contributed by atoms with Crippen LogP contribution in [0.1, 0.15) is 11.3 Å². The summed E-state index contributed by atoms with van der Waals surface area (Å²) in [5.41, 5.74) is -5.82. The van der Waals surface area contributed by atoms with E-state index in [1.165, 1.54) is 31.4 Å². The SMILES string of the molecule is COc1ccc(-n2c(Nc3ccc(C(F)(F)F)cc3[N+](=O)[O-])nc(C(F)(F)F)cc2=O)cc1. The summed E-state index contributed by atoms with van der Waals surface area (Å²) in [5, 5.41) is 13.5. The van der Waals surface area contributed by atoms with E-state index < -0.39 is 51.4 Å². The Labute approximate surface area is 180 Å². The summed E-state index contributed by atoms with van der Waals surface area (Å²) in [7, 11) is 1.36. The molecule has 0 bridgehead atoms. The molecule has 0 saturated heterocycles. The van der Waals surface area contributed by atoms with E-state index in [1.807, 2.05) is 0 Å². The Morgan fingerprint density at radius 1 is 1.00 bits per heavy atom. The van der Waals surface area contributed by atoms with Gasteiger partial charge in [-0.3, -0.25) is 14.9 Å². The summed E-state index contributed by atoms with van der Waals surface area (Å²) < 4.78 is 84.1. The van der Waals surface area contributed by atoms with Crippen molar-refractivity contribution in [3.05, 3.63) is 80.3 Å². The maximum absolute atomic E-state index is 13.2. The van der Waals surface area contributed by atoms with Crippen LogP contribution in [0, 0.1) is 10.1 Å². The average molecular weight is 474 g/mol. The normalized spacial score (nSPS) is 11.8. The third kappa shape index (κ3) is 5.05. The minimum atomic E-state index is -5.04. The van der Waals surface area contributed by atoms with Crippen molar-refractivity contribution in [2.45, 2.75) is 12.4 Å². The van der Waals surface area contributed by atoms with Crippen LogP contribution in [-0.2, 0) is 12.4 Å². The van der Waals surface area contributed by atoms with Crippen molar-refractivity contribution in [2.75, 3.05) is 12.4 Å². The standard InChI is InChI=1S/C19H12F6N4O4/c1-33-12-5-3-11(4-6-12)28-16(30)9-15(19(23,24)25)27-17(28)26-13-7-2-10(18(20,21)22)8-14(13)29(31)32/h2-9H,1H3,(H,26,27). The number of nitro groups is 1. The zero-order chi connectivity index (χ0) is 24.6. The molecule has 1 aromatic heterocycles. The average Bonchev–Trinajstić information content (AvgIpc) is 2.72. The Morgan fingerprint density at radius 3 is 2.15 bits per heavy atom. The van der Waals surface area contributed by atoms with Gasteiger partial charge in [-0.05, 0) is 36.4 Å². The molecule has 2 aromatic carbocycles. The summed E-state index contributed by atoms with van der Waals surface area (Å²) in [4.78, 5) is 26.0. The predicted octanol–water partition coefficient (Wildman–Crippen LogP) is 4.93. The summed E-state index contributed by atoms with van der Waals surface area (Å²) in [6.07, 6.45) is -9.94. The summed E-state index contributed by atoms with van der Waals surface area (Å²) >= 11 is 0. The highest BCUT2D eigenvalue weighted by molar-refractivity contribution is 5.68. The molecule has 0 aliphatic carbocycles. The monoisotopic (exact) mass is 474 g/mol. The zero-order valence-corrected chi connectivity index (χ0v) is 16.4. The fraction of sp³-hybridized carbons (Fsp3) is 0.158. The van der Waals surface area contributed by atoms with Gasteiger partial charge in [0, 0.05) is 12.1 Å². The van der Waals surface area contributed by atoms with E-state index in [0.717, 1.165) is 0 Å². The fourth-order valence-corrected chi connectivity index (χ4v) is 2.78. The molecule has 1 N–H and O–H groups in total. The number of methoxy groups -OCH3 is 1. The quantitative estimate of drug-likeness (QED) is 0.320. The second-order valence-electron chi connectivity index (χ2n) is 6.45. The molecule has 0 radical (unpaired) electrons. The number of hydrogen-bond acceptors (Lipinski definition) is 6. The van der Waals surface area contributed by atoms with Crippen LogP contribution < -0.4 is 15.6 Å². The lowest BCUT2D eigenvalue weighted by molar-refractivity contribution is -0.384. The number of benzene rings is 2. The van der Waals surface area contributed by atoms with Crippen molar-refractivity contribution in [1.29, 1.82) is 0 Å². The van der Waals surface area contributed by atoms with Gasteiger partial charge in [-0.2, -0.15) is 26.3 Å². The number of halogens is 6. The third-order valence-electron chi connectivity index (χ3n) is 4.31. The summed E-state index contributed by atoms with van der Waals surface area (Å²) in [5.74, 6) is -0.442. The van der Waals surface area contributed by atoms with Gasteiger partial charge < -0.3 is 10.1 Å². The highest BCUT2D eigenvalue weighted by Crippen LogP contribution is 2.36. The molecule has 0 fully saturated rings. The van der Waals surface area contributed by atoms with Gasteiger partial charge in [-0.15, -0.1) is 0 Å². The molecular formula is C19H12F6N4O4. The Morgan fingerprint density at radius 2 is 1.64 bits per heavy atom. The maximum atomic E-state index is 13.2. The minimum absolute atomic E-state index is 0.0130. The van der Waals surface area contributed by atoms with Crippen LogP contribution in [0.3, 0.4) is 0 Å². The van der Waals surface area contributed by atoms with Crippen LogP contribution >= 0.6 is 0 Å². The molecule has 3 aromatic rings. The van der Waals surface area contributed by atoms with Crippen molar-refractivity contribution in [3.8, 4) is 11.4 Å². The van der Waals surface area contributed by atoms with Crippen LogP contribution in [0.4, 0.5) is 43.7 Å². The fourth-order valence-electron chi connectivity index (χ4n) is 2.78.